The zero-order valence-electron chi connectivity index (χ0n) is 19.8. The molecule has 0 radical (unpaired) electrons. The van der Waals surface area contributed by atoms with Gasteiger partial charge < -0.3 is 48.1 Å². The summed E-state index contributed by atoms with van der Waals surface area (Å²) in [6, 6.07) is -5.26. The zero-order valence-corrected chi connectivity index (χ0v) is 19.8. The Labute approximate surface area is 206 Å². The Kier molecular flexibility index (Phi) is 15.0. The molecule has 16 nitrogen and oxygen atoms in total. The summed E-state index contributed by atoms with van der Waals surface area (Å²) in [5.41, 5.74) is 10.7. The van der Waals surface area contributed by atoms with Crippen LogP contribution < -0.4 is 32.7 Å². The summed E-state index contributed by atoms with van der Waals surface area (Å²) in [5.74, 6) is -7.42. The van der Waals surface area contributed by atoms with Gasteiger partial charge in [0, 0.05) is 6.42 Å². The molecular formula is C20H34N6O10. The van der Waals surface area contributed by atoms with Crippen LogP contribution in [0.2, 0.25) is 0 Å². The fraction of sp³-hybridized carbons (Fsp3) is 0.650. The molecule has 204 valence electrons. The number of hydrogen-bond acceptors (Lipinski definition) is 9. The van der Waals surface area contributed by atoms with Crippen LogP contribution in [0, 0.1) is 0 Å². The van der Waals surface area contributed by atoms with Crippen LogP contribution in [-0.4, -0.2) is 94.1 Å². The highest BCUT2D eigenvalue weighted by Crippen LogP contribution is 2.03. The highest BCUT2D eigenvalue weighted by Gasteiger charge is 2.28. The van der Waals surface area contributed by atoms with Crippen LogP contribution in [0.3, 0.4) is 0 Å². The van der Waals surface area contributed by atoms with Crippen LogP contribution in [0.15, 0.2) is 0 Å². The first-order chi connectivity index (χ1) is 16.8. The Bertz CT molecular complexity index is 821. The molecule has 0 aromatic rings. The van der Waals surface area contributed by atoms with E-state index in [1.165, 1.54) is 6.92 Å². The van der Waals surface area contributed by atoms with Gasteiger partial charge in [0.1, 0.15) is 18.1 Å². The summed E-state index contributed by atoms with van der Waals surface area (Å²) in [4.78, 5) is 81.7. The van der Waals surface area contributed by atoms with Crippen molar-refractivity contribution in [3.8, 4) is 0 Å². The fourth-order valence-corrected chi connectivity index (χ4v) is 2.79. The summed E-state index contributed by atoms with van der Waals surface area (Å²) >= 11 is 0. The molecule has 0 saturated carbocycles. The van der Waals surface area contributed by atoms with Crippen molar-refractivity contribution in [1.82, 2.24) is 21.3 Å². The Morgan fingerprint density at radius 2 is 1.42 bits per heavy atom. The average Bonchev–Trinajstić information content (AvgIpc) is 2.78. The number of unbranched alkanes of at least 4 members (excludes halogenated alkanes) is 1. The van der Waals surface area contributed by atoms with Crippen molar-refractivity contribution in [2.75, 3.05) is 13.1 Å². The molecular weight excluding hydrogens is 484 g/mol. The lowest BCUT2D eigenvalue weighted by Crippen LogP contribution is -2.55. The van der Waals surface area contributed by atoms with E-state index in [0.29, 0.717) is 19.4 Å². The Balaban J connectivity index is 5.04. The van der Waals surface area contributed by atoms with Gasteiger partial charge in [0.15, 0.2) is 0 Å². The van der Waals surface area contributed by atoms with Crippen molar-refractivity contribution in [3.05, 3.63) is 0 Å². The SMILES string of the molecule is CC(NC(=O)C(CCC(=O)O)NC(=O)CNC(=O)C(N)CC(=O)O)C(=O)NC(CCCCN)C(=O)O. The van der Waals surface area contributed by atoms with Crippen LogP contribution >= 0.6 is 0 Å². The minimum absolute atomic E-state index is 0.123. The number of amides is 4. The minimum Gasteiger partial charge on any atom is -0.481 e. The van der Waals surface area contributed by atoms with Gasteiger partial charge in [-0.25, -0.2) is 4.79 Å². The molecule has 36 heavy (non-hydrogen) atoms. The maximum Gasteiger partial charge on any atom is 0.326 e. The van der Waals surface area contributed by atoms with E-state index in [-0.39, 0.29) is 12.8 Å². The normalized spacial score (nSPS) is 13.9. The summed E-state index contributed by atoms with van der Waals surface area (Å²) in [6.45, 7) is 0.948. The third-order valence-electron chi connectivity index (χ3n) is 4.77. The third-order valence-corrected chi connectivity index (χ3v) is 4.77. The molecule has 4 atom stereocenters. The van der Waals surface area contributed by atoms with E-state index in [1.807, 2.05) is 0 Å². The van der Waals surface area contributed by atoms with E-state index in [4.69, 9.17) is 21.7 Å². The molecule has 0 aliphatic rings. The number of carboxylic acid groups (broad SMARTS) is 3. The first-order valence-electron chi connectivity index (χ1n) is 11.1. The minimum atomic E-state index is -1.41. The Morgan fingerprint density at radius 1 is 0.778 bits per heavy atom. The number of carbonyl (C=O) groups excluding carboxylic acids is 4. The maximum atomic E-state index is 12.6. The van der Waals surface area contributed by atoms with Gasteiger partial charge in [-0.1, -0.05) is 0 Å². The van der Waals surface area contributed by atoms with Crippen molar-refractivity contribution in [2.45, 2.75) is 69.6 Å². The molecule has 0 saturated heterocycles. The first-order valence-corrected chi connectivity index (χ1v) is 11.1. The van der Waals surface area contributed by atoms with Gasteiger partial charge in [-0.15, -0.1) is 0 Å². The molecule has 0 aromatic carbocycles. The lowest BCUT2D eigenvalue weighted by Gasteiger charge is -2.22. The van der Waals surface area contributed by atoms with Crippen LogP contribution in [-0.2, 0) is 33.6 Å². The summed E-state index contributed by atoms with van der Waals surface area (Å²) in [5, 5.41) is 35.7. The quantitative estimate of drug-likeness (QED) is 0.0797. The molecule has 0 rings (SSSR count). The van der Waals surface area contributed by atoms with E-state index < -0.39 is 85.1 Å². The van der Waals surface area contributed by atoms with Crippen LogP contribution in [0.5, 0.6) is 0 Å². The number of nitrogens with two attached hydrogens (primary N) is 2. The van der Waals surface area contributed by atoms with Gasteiger partial charge in [0.25, 0.3) is 0 Å². The predicted octanol–water partition coefficient (Wildman–Crippen LogP) is -3.54. The number of hydrogen-bond donors (Lipinski definition) is 9. The second kappa shape index (κ2) is 16.8. The Morgan fingerprint density at radius 3 is 1.94 bits per heavy atom. The van der Waals surface area contributed by atoms with Gasteiger partial charge >= 0.3 is 17.9 Å². The van der Waals surface area contributed by atoms with E-state index in [1.54, 1.807) is 0 Å². The van der Waals surface area contributed by atoms with Crippen molar-refractivity contribution in [3.63, 3.8) is 0 Å². The number of carboxylic acids is 3. The molecule has 0 heterocycles. The smallest absolute Gasteiger partial charge is 0.326 e. The topological polar surface area (TPSA) is 280 Å². The van der Waals surface area contributed by atoms with E-state index in [9.17, 15) is 38.7 Å². The zero-order chi connectivity index (χ0) is 27.8. The Hall–Kier alpha value is -3.79. The molecule has 0 aliphatic heterocycles. The van der Waals surface area contributed by atoms with E-state index in [2.05, 4.69) is 21.3 Å². The molecule has 0 aliphatic carbocycles. The average molecular weight is 519 g/mol. The van der Waals surface area contributed by atoms with Crippen LogP contribution in [0.4, 0.5) is 0 Å². The van der Waals surface area contributed by atoms with Crippen molar-refractivity contribution < 1.29 is 48.9 Å². The first kappa shape index (κ1) is 32.2. The molecule has 11 N–H and O–H groups in total. The highest BCUT2D eigenvalue weighted by atomic mass is 16.4. The predicted molar refractivity (Wildman–Crippen MR) is 122 cm³/mol. The number of rotatable bonds is 18. The monoisotopic (exact) mass is 518 g/mol. The van der Waals surface area contributed by atoms with Gasteiger partial charge in [-0.2, -0.15) is 0 Å². The molecule has 4 unspecified atom stereocenters. The van der Waals surface area contributed by atoms with Gasteiger partial charge in [0.05, 0.1) is 19.0 Å². The fourth-order valence-electron chi connectivity index (χ4n) is 2.79. The number of aliphatic carboxylic acids is 3. The summed E-state index contributed by atoms with van der Waals surface area (Å²) < 4.78 is 0. The number of carbonyl (C=O) groups is 7. The molecule has 0 fully saturated rings. The standard InChI is InChI=1S/C20H34N6O10/c1-10(17(32)26-13(20(35)36)4-2-3-7-21)24-19(34)12(5-6-15(28)29)25-14(27)9-23-18(33)11(22)8-16(30)31/h10-13H,2-9,21-22H2,1H3,(H,23,33)(H,24,34)(H,25,27)(H,26,32)(H,28,29)(H,30,31)(H,35,36). The van der Waals surface area contributed by atoms with Crippen molar-refractivity contribution in [2.24, 2.45) is 11.5 Å². The lowest BCUT2D eigenvalue weighted by atomic mass is 10.1. The summed E-state index contributed by atoms with van der Waals surface area (Å²) in [7, 11) is 0. The van der Waals surface area contributed by atoms with Crippen LogP contribution in [0.1, 0.15) is 45.4 Å². The number of nitrogens with one attached hydrogen (secondary N) is 4. The lowest BCUT2D eigenvalue weighted by molar-refractivity contribution is -0.142. The highest BCUT2D eigenvalue weighted by molar-refractivity contribution is 5.94. The van der Waals surface area contributed by atoms with E-state index in [0.717, 1.165) is 0 Å². The van der Waals surface area contributed by atoms with Crippen molar-refractivity contribution in [1.29, 1.82) is 0 Å². The van der Waals surface area contributed by atoms with Crippen molar-refractivity contribution >= 4 is 41.5 Å². The van der Waals surface area contributed by atoms with Gasteiger partial charge in [0.2, 0.25) is 23.6 Å². The maximum absolute atomic E-state index is 12.6. The third kappa shape index (κ3) is 13.8. The van der Waals surface area contributed by atoms with Gasteiger partial charge in [-0.05, 0) is 39.2 Å². The second-order valence-electron chi connectivity index (χ2n) is 7.89. The van der Waals surface area contributed by atoms with Gasteiger partial charge in [-0.3, -0.25) is 28.8 Å². The van der Waals surface area contributed by atoms with E-state index >= 15 is 0 Å². The second-order valence-corrected chi connectivity index (χ2v) is 7.89. The summed E-state index contributed by atoms with van der Waals surface area (Å²) in [6.07, 6.45) is -0.412. The molecule has 0 spiro atoms. The van der Waals surface area contributed by atoms with Crippen LogP contribution in [0.25, 0.3) is 0 Å². The molecule has 16 heteroatoms. The molecule has 4 amide bonds. The molecule has 0 aromatic heterocycles. The largest absolute Gasteiger partial charge is 0.481 e. The molecule has 0 bridgehead atoms.